The van der Waals surface area contributed by atoms with Gasteiger partial charge in [-0.1, -0.05) is 30.3 Å². The summed E-state index contributed by atoms with van der Waals surface area (Å²) in [7, 11) is 1.29. The molecule has 6 heteroatoms. The van der Waals surface area contributed by atoms with Crippen molar-refractivity contribution in [1.82, 2.24) is 5.32 Å². The number of phenolic OH excluding ortho intramolecular Hbond substituents is 1. The van der Waals surface area contributed by atoms with Gasteiger partial charge in [0.25, 0.3) is 5.91 Å². The highest BCUT2D eigenvalue weighted by Gasteiger charge is 2.42. The average molecular weight is 397 g/mol. The summed E-state index contributed by atoms with van der Waals surface area (Å²) in [5.74, 6) is -0.0221. The standard InChI is InChI=1S/C23H27NO5/c1-13-14(2)20-17(15(3)19(13)25)11-12-23(4,29-20)22(27)24-18(21(26)28-5)16-9-7-6-8-10-16/h6-10,18,25H,11-12H2,1-5H3,(H,24,27)/t18-,23+/m1/s1. The number of benzene rings is 2. The first kappa shape index (κ1) is 20.7. The van der Waals surface area contributed by atoms with E-state index in [1.165, 1.54) is 7.11 Å². The third kappa shape index (κ3) is 3.67. The first-order chi connectivity index (χ1) is 13.7. The lowest BCUT2D eigenvalue weighted by Crippen LogP contribution is -2.53. The lowest BCUT2D eigenvalue weighted by atomic mass is 9.86. The first-order valence-electron chi connectivity index (χ1n) is 9.64. The van der Waals surface area contributed by atoms with E-state index in [0.29, 0.717) is 24.2 Å². The number of amides is 1. The normalized spacial score (nSPS) is 18.9. The van der Waals surface area contributed by atoms with Crippen molar-refractivity contribution in [2.75, 3.05) is 7.11 Å². The topological polar surface area (TPSA) is 84.9 Å². The minimum atomic E-state index is -1.14. The average Bonchev–Trinajstić information content (AvgIpc) is 2.74. The molecule has 1 aliphatic rings. The Morgan fingerprint density at radius 1 is 1.14 bits per heavy atom. The number of hydrogen-bond acceptors (Lipinski definition) is 5. The van der Waals surface area contributed by atoms with Crippen LogP contribution in [0, 0.1) is 20.8 Å². The second-order valence-electron chi connectivity index (χ2n) is 7.70. The molecule has 1 heterocycles. The van der Waals surface area contributed by atoms with Crippen LogP contribution in [-0.2, 0) is 20.7 Å². The van der Waals surface area contributed by atoms with E-state index in [9.17, 15) is 14.7 Å². The number of carbonyl (C=O) groups excluding carboxylic acids is 2. The molecule has 6 nitrogen and oxygen atoms in total. The molecule has 0 saturated heterocycles. The summed E-state index contributed by atoms with van der Waals surface area (Å²) >= 11 is 0. The SMILES string of the molecule is COC(=O)[C@H](NC(=O)[C@]1(C)CCc2c(C)c(O)c(C)c(C)c2O1)c1ccccc1. The molecule has 0 aromatic heterocycles. The predicted molar refractivity (Wildman–Crippen MR) is 109 cm³/mol. The van der Waals surface area contributed by atoms with Crippen molar-refractivity contribution in [2.24, 2.45) is 0 Å². The van der Waals surface area contributed by atoms with Gasteiger partial charge >= 0.3 is 5.97 Å². The number of fused-ring (bicyclic) bond motifs is 1. The Kier molecular flexibility index (Phi) is 5.55. The van der Waals surface area contributed by atoms with E-state index in [2.05, 4.69) is 5.32 Å². The number of ether oxygens (including phenoxy) is 2. The number of carbonyl (C=O) groups is 2. The van der Waals surface area contributed by atoms with Crippen LogP contribution in [0.1, 0.15) is 47.2 Å². The number of aromatic hydroxyl groups is 1. The molecule has 1 aliphatic heterocycles. The van der Waals surface area contributed by atoms with Gasteiger partial charge in [-0.3, -0.25) is 4.79 Å². The lowest BCUT2D eigenvalue weighted by Gasteiger charge is -2.37. The fraction of sp³-hybridized carbons (Fsp3) is 0.391. The van der Waals surface area contributed by atoms with Crippen LogP contribution in [0.4, 0.5) is 0 Å². The van der Waals surface area contributed by atoms with Crippen molar-refractivity contribution >= 4 is 11.9 Å². The van der Waals surface area contributed by atoms with E-state index in [4.69, 9.17) is 9.47 Å². The summed E-state index contributed by atoms with van der Waals surface area (Å²) < 4.78 is 11.1. The Morgan fingerprint density at radius 2 is 1.79 bits per heavy atom. The molecule has 2 aromatic carbocycles. The second-order valence-corrected chi connectivity index (χ2v) is 7.70. The van der Waals surface area contributed by atoms with Gasteiger partial charge in [-0.05, 0) is 56.4 Å². The molecular weight excluding hydrogens is 370 g/mol. The van der Waals surface area contributed by atoms with Gasteiger partial charge in [0, 0.05) is 12.0 Å². The molecule has 29 heavy (non-hydrogen) atoms. The quantitative estimate of drug-likeness (QED) is 0.772. The van der Waals surface area contributed by atoms with Crippen molar-refractivity contribution < 1.29 is 24.2 Å². The van der Waals surface area contributed by atoms with Gasteiger partial charge in [0.05, 0.1) is 7.11 Å². The maximum atomic E-state index is 13.2. The monoisotopic (exact) mass is 397 g/mol. The van der Waals surface area contributed by atoms with Crippen molar-refractivity contribution in [3.63, 3.8) is 0 Å². The molecular formula is C23H27NO5. The molecule has 3 rings (SSSR count). The van der Waals surface area contributed by atoms with Gasteiger partial charge in [-0.2, -0.15) is 0 Å². The van der Waals surface area contributed by atoms with Gasteiger partial charge in [0.2, 0.25) is 0 Å². The molecule has 0 fully saturated rings. The molecule has 0 aliphatic carbocycles. The van der Waals surface area contributed by atoms with E-state index in [-0.39, 0.29) is 11.7 Å². The zero-order valence-electron chi connectivity index (χ0n) is 17.5. The predicted octanol–water partition coefficient (Wildman–Crippen LogP) is 3.43. The summed E-state index contributed by atoms with van der Waals surface area (Å²) in [6, 6.07) is 8.05. The number of nitrogens with one attached hydrogen (secondary N) is 1. The van der Waals surface area contributed by atoms with Crippen LogP contribution in [0.2, 0.25) is 0 Å². The Morgan fingerprint density at radius 3 is 2.41 bits per heavy atom. The third-order valence-electron chi connectivity index (χ3n) is 5.85. The number of phenols is 1. The van der Waals surface area contributed by atoms with Gasteiger partial charge in [0.1, 0.15) is 11.5 Å². The smallest absolute Gasteiger partial charge is 0.333 e. The minimum Gasteiger partial charge on any atom is -0.507 e. The number of methoxy groups -OCH3 is 1. The summed E-state index contributed by atoms with van der Waals surface area (Å²) in [5.41, 5.74) is 2.75. The number of esters is 1. The molecule has 1 amide bonds. The first-order valence-corrected chi connectivity index (χ1v) is 9.64. The zero-order chi connectivity index (χ0) is 21.3. The van der Waals surface area contributed by atoms with Crippen LogP contribution in [-0.4, -0.2) is 29.7 Å². The molecule has 2 atom stereocenters. The Labute approximate surface area is 170 Å². The minimum absolute atomic E-state index is 0.271. The molecule has 0 saturated carbocycles. The van der Waals surface area contributed by atoms with Crippen molar-refractivity contribution in [2.45, 2.75) is 52.2 Å². The van der Waals surface area contributed by atoms with Gasteiger partial charge < -0.3 is 19.9 Å². The van der Waals surface area contributed by atoms with E-state index in [1.54, 1.807) is 31.2 Å². The maximum Gasteiger partial charge on any atom is 0.333 e. The molecule has 0 spiro atoms. The molecule has 2 aromatic rings. The molecule has 0 unspecified atom stereocenters. The van der Waals surface area contributed by atoms with Gasteiger partial charge in [-0.25, -0.2) is 4.79 Å². The zero-order valence-corrected chi connectivity index (χ0v) is 17.5. The second kappa shape index (κ2) is 7.78. The number of hydrogen-bond donors (Lipinski definition) is 2. The maximum absolute atomic E-state index is 13.2. The Bertz CT molecular complexity index is 954. The highest BCUT2D eigenvalue weighted by atomic mass is 16.5. The van der Waals surface area contributed by atoms with E-state index in [0.717, 1.165) is 22.3 Å². The highest BCUT2D eigenvalue weighted by molar-refractivity contribution is 5.90. The van der Waals surface area contributed by atoms with Crippen LogP contribution in [0.15, 0.2) is 30.3 Å². The summed E-state index contributed by atoms with van der Waals surface area (Å²) in [4.78, 5) is 25.5. The van der Waals surface area contributed by atoms with Crippen molar-refractivity contribution in [3.05, 3.63) is 58.1 Å². The van der Waals surface area contributed by atoms with Crippen LogP contribution in [0.3, 0.4) is 0 Å². The van der Waals surface area contributed by atoms with E-state index < -0.39 is 17.6 Å². The van der Waals surface area contributed by atoms with Crippen LogP contribution >= 0.6 is 0 Å². The summed E-state index contributed by atoms with van der Waals surface area (Å²) in [6.45, 7) is 7.28. The molecule has 154 valence electrons. The van der Waals surface area contributed by atoms with Crippen LogP contribution in [0.25, 0.3) is 0 Å². The Balaban J connectivity index is 1.91. The van der Waals surface area contributed by atoms with Gasteiger partial charge in [-0.15, -0.1) is 0 Å². The van der Waals surface area contributed by atoms with Crippen LogP contribution < -0.4 is 10.1 Å². The van der Waals surface area contributed by atoms with Gasteiger partial charge in [0.15, 0.2) is 11.6 Å². The van der Waals surface area contributed by atoms with Crippen molar-refractivity contribution in [3.8, 4) is 11.5 Å². The largest absolute Gasteiger partial charge is 0.507 e. The third-order valence-corrected chi connectivity index (χ3v) is 5.85. The highest BCUT2D eigenvalue weighted by Crippen LogP contribution is 2.43. The molecule has 0 radical (unpaired) electrons. The molecule has 2 N–H and O–H groups in total. The summed E-state index contributed by atoms with van der Waals surface area (Å²) in [6.07, 6.45) is 1.02. The van der Waals surface area contributed by atoms with E-state index >= 15 is 0 Å². The fourth-order valence-corrected chi connectivity index (χ4v) is 3.73. The summed E-state index contributed by atoms with van der Waals surface area (Å²) in [5, 5.41) is 13.1. The van der Waals surface area contributed by atoms with E-state index in [1.807, 2.05) is 26.8 Å². The molecule has 0 bridgehead atoms. The lowest BCUT2D eigenvalue weighted by molar-refractivity contribution is -0.148. The van der Waals surface area contributed by atoms with Crippen LogP contribution in [0.5, 0.6) is 11.5 Å². The fourth-order valence-electron chi connectivity index (χ4n) is 3.73. The Hall–Kier alpha value is -3.02. The number of rotatable bonds is 4. The van der Waals surface area contributed by atoms with Crippen molar-refractivity contribution in [1.29, 1.82) is 0 Å².